The van der Waals surface area contributed by atoms with Crippen LogP contribution in [-0.2, 0) is 84.2 Å². The second kappa shape index (κ2) is 31.2. The van der Waals surface area contributed by atoms with Crippen molar-refractivity contribution >= 4 is 132 Å². The molecule has 8 aromatic heterocycles. The third-order valence-electron chi connectivity index (χ3n) is 16.5. The molecule has 13 heterocycles. The topological polar surface area (TPSA) is 290 Å². The van der Waals surface area contributed by atoms with E-state index in [1.165, 1.54) is 46.9 Å². The average Bonchev–Trinajstić information content (AvgIpc) is 1.54. The van der Waals surface area contributed by atoms with E-state index in [0.717, 1.165) is 129 Å². The molecule has 6 aliphatic rings. The number of aromatic nitrogens is 8. The first-order chi connectivity index (χ1) is 44.7. The van der Waals surface area contributed by atoms with E-state index in [1.54, 1.807) is 114 Å². The fourth-order valence-corrected chi connectivity index (χ4v) is 16.8. The molecule has 1 saturated heterocycles. The quantitative estimate of drug-likeness (QED) is 0.0659. The van der Waals surface area contributed by atoms with E-state index in [9.17, 15) is 28.8 Å². The number of hydrogen-bond acceptors (Lipinski definition) is 22. The molecule has 0 atom stereocenters. The van der Waals surface area contributed by atoms with Crippen LogP contribution in [0.25, 0.3) is 11.1 Å². The Hall–Kier alpha value is -7.05. The van der Waals surface area contributed by atoms with E-state index in [4.69, 9.17) is 16.0 Å². The van der Waals surface area contributed by atoms with E-state index >= 15 is 0 Å². The zero-order chi connectivity index (χ0) is 67.9. The maximum atomic E-state index is 13.7. The van der Waals surface area contributed by atoms with E-state index < -0.39 is 0 Å². The van der Waals surface area contributed by atoms with Gasteiger partial charge in [0.05, 0.1) is 27.1 Å². The largest absolute Gasteiger partial charge is 0.375 e. The first-order valence-corrected chi connectivity index (χ1v) is 35.2. The Morgan fingerprint density at radius 3 is 1.67 bits per heavy atom. The molecule has 0 aromatic carbocycles. The second-order valence-electron chi connectivity index (χ2n) is 24.7. The molecule has 5 aliphatic heterocycles. The third kappa shape index (κ3) is 17.5. The number of aryl methyl sites for hydroxylation is 3. The van der Waals surface area contributed by atoms with Crippen molar-refractivity contribution in [2.45, 2.75) is 85.0 Å². The summed E-state index contributed by atoms with van der Waals surface area (Å²) < 4.78 is 9.03. The zero-order valence-electron chi connectivity index (χ0n) is 54.0. The van der Waals surface area contributed by atoms with E-state index in [2.05, 4.69) is 138 Å². The number of pyridine rings is 4. The lowest BCUT2D eigenvalue weighted by atomic mass is 9.90. The van der Waals surface area contributed by atoms with Gasteiger partial charge in [-0.05, 0) is 136 Å². The van der Waals surface area contributed by atoms with Crippen molar-refractivity contribution in [1.29, 1.82) is 5.26 Å². The highest BCUT2D eigenvalue weighted by Gasteiger charge is 2.38. The van der Waals surface area contributed by atoms with E-state index in [0.29, 0.717) is 73.2 Å². The summed E-state index contributed by atoms with van der Waals surface area (Å²) in [7, 11) is 13.5. The number of ketones is 1. The molecule has 14 rings (SSSR count). The molecular formula is C64H77Br3N18O6S3. The number of nitrogens with two attached hydrogens (primary N) is 2. The number of likely N-dealkylation sites (N-methyl/N-ethyl adjacent to an activating group) is 3. The van der Waals surface area contributed by atoms with Crippen molar-refractivity contribution < 1.29 is 14.4 Å². The minimum absolute atomic E-state index is 0.0248. The van der Waals surface area contributed by atoms with Gasteiger partial charge in [0.25, 0.3) is 22.6 Å². The molecule has 1 amide bonds. The molecule has 1 aliphatic carbocycles. The number of rotatable bonds is 7. The number of amides is 1. The molecule has 0 unspecified atom stereocenters. The molecule has 498 valence electrons. The van der Waals surface area contributed by atoms with Gasteiger partial charge in [0.2, 0.25) is 0 Å². The number of likely N-dealkylation sites (tertiary alicyclic amines) is 1. The zero-order valence-corrected chi connectivity index (χ0v) is 61.2. The number of carbonyl (C=O) groups is 3. The number of hydrogen-bond donors (Lipinski definition) is 4. The molecule has 30 heteroatoms. The molecule has 24 nitrogen and oxygen atoms in total. The predicted octanol–water partition coefficient (Wildman–Crippen LogP) is 8.70. The summed E-state index contributed by atoms with van der Waals surface area (Å²) in [6.07, 6.45) is 15.1. The standard InChI is InChI=1S/C31H33N7O3S.C13H15BrN4OS.C7H11N3S.C6H5Br2NO.C6H11NO.CH2N2/c1-31(2)13-18-12-24-29(41)38(10-9-37(24)25(18)14-31)27-21(17-39)20(5-7-32-27)19-11-23(28(40)36(4)15-19)34-30-33-22-6-8-35(3)16-26(22)42-30;1-17-4-3-9-11(7-17)20-13(15-9)16-10-5-8(14)6-18(2)12(10)19;1-10-3-2-5-6(4-10)11-7(8)9-5;1-9-3-4(7)2-5(8)6(9)10;1-7-4-2-6(8)3-5-7;2-1-3/h5,7,11-12,15,17H,6,8-10,13-14,16H2,1-4H3,(H,33,34);5-6H,3-4,7H2,1-2H3,(H,15,16);2-4H2,1H3,(H2,8,9);2-3H,1H3;2-5H2,1H3;2H2. The molecule has 0 bridgehead atoms. The van der Waals surface area contributed by atoms with Crippen LogP contribution in [0, 0.1) is 16.9 Å². The predicted molar refractivity (Wildman–Crippen MR) is 383 cm³/mol. The minimum Gasteiger partial charge on any atom is -0.375 e. The summed E-state index contributed by atoms with van der Waals surface area (Å²) in [5.74, 6) is 0.603. The normalized spacial score (nSPS) is 16.4. The van der Waals surface area contributed by atoms with Crippen molar-refractivity contribution in [1.82, 2.24) is 57.8 Å². The van der Waals surface area contributed by atoms with Gasteiger partial charge in [-0.1, -0.05) is 13.8 Å². The van der Waals surface area contributed by atoms with Gasteiger partial charge in [-0.25, -0.2) is 19.9 Å². The van der Waals surface area contributed by atoms with Gasteiger partial charge in [0.15, 0.2) is 27.9 Å². The number of nitrogen functional groups attached to an aromatic ring is 1. The molecule has 6 N–H and O–H groups in total. The summed E-state index contributed by atoms with van der Waals surface area (Å²) in [6.45, 7) is 13.4. The van der Waals surface area contributed by atoms with Gasteiger partial charge >= 0.3 is 0 Å². The van der Waals surface area contributed by atoms with Gasteiger partial charge in [0, 0.05) is 178 Å². The third-order valence-corrected chi connectivity index (χ3v) is 20.9. The van der Waals surface area contributed by atoms with Crippen LogP contribution in [0.2, 0.25) is 0 Å². The van der Waals surface area contributed by atoms with Crippen molar-refractivity contribution in [3.63, 3.8) is 0 Å². The van der Waals surface area contributed by atoms with Crippen LogP contribution in [0.4, 0.5) is 32.6 Å². The molecule has 94 heavy (non-hydrogen) atoms. The number of anilines is 6. The number of nitriles is 1. The Balaban J connectivity index is 0.000000163. The van der Waals surface area contributed by atoms with Gasteiger partial charge in [-0.15, -0.1) is 34.0 Å². The fourth-order valence-electron chi connectivity index (χ4n) is 11.7. The van der Waals surface area contributed by atoms with Crippen molar-refractivity contribution in [2.75, 3.05) is 88.7 Å². The Morgan fingerprint density at radius 2 is 1.13 bits per heavy atom. The maximum absolute atomic E-state index is 13.7. The van der Waals surface area contributed by atoms with Crippen LogP contribution in [0.5, 0.6) is 0 Å². The molecule has 0 saturated carbocycles. The number of piperidine rings is 1. The Bertz CT molecular complexity index is 4320. The highest BCUT2D eigenvalue weighted by molar-refractivity contribution is 9.11. The molecule has 0 radical (unpaired) electrons. The number of carbonyl (C=O) groups excluding carboxylic acids is 3. The lowest BCUT2D eigenvalue weighted by Crippen LogP contribution is -2.41. The average molecular weight is 1530 g/mol. The smallest absolute Gasteiger partial charge is 0.276 e. The molecule has 8 aromatic rings. The second-order valence-corrected chi connectivity index (χ2v) is 30.7. The van der Waals surface area contributed by atoms with Crippen LogP contribution >= 0.6 is 81.8 Å². The summed E-state index contributed by atoms with van der Waals surface area (Å²) in [5, 5.41) is 15.7. The van der Waals surface area contributed by atoms with Crippen molar-refractivity contribution in [3.05, 3.63) is 154 Å². The summed E-state index contributed by atoms with van der Waals surface area (Å²) in [5.41, 5.74) is 18.7. The number of nitrogens with one attached hydrogen (secondary N) is 2. The number of aldehydes is 1. The van der Waals surface area contributed by atoms with Crippen LogP contribution in [0.15, 0.2) is 82.9 Å². The Labute approximate surface area is 582 Å². The molecular weight excluding hydrogens is 1450 g/mol. The number of thiazole rings is 3. The SMILES string of the molecule is CN1CCC(=O)CC1.CN1CCc2nc(N)sc2C1.CN1CCc2nc(Nc3cc(-c4ccnc(N5CCn6c(cc7c6CC(C)(C)C7)C5=O)c4C=O)cn(C)c3=O)sc2C1.CN1CCc2nc(Nc3cc(Br)cn(C)c3=O)sc2C1.Cn1cc(Br)cc(Br)c1=O.N#CN. The Kier molecular flexibility index (Phi) is 23.7. The van der Waals surface area contributed by atoms with Gasteiger partial charge < -0.3 is 60.0 Å². The van der Waals surface area contributed by atoms with Crippen LogP contribution < -0.4 is 43.7 Å². The number of halogens is 3. The Morgan fingerprint density at radius 1 is 0.628 bits per heavy atom. The number of nitrogens with zero attached hydrogens (tertiary/aromatic N) is 14. The van der Waals surface area contributed by atoms with Gasteiger partial charge in [-0.3, -0.25) is 33.7 Å². The first-order valence-electron chi connectivity index (χ1n) is 30.4. The van der Waals surface area contributed by atoms with E-state index in [1.807, 2.05) is 13.1 Å². The minimum atomic E-state index is -0.200. The van der Waals surface area contributed by atoms with E-state index in [-0.39, 0.29) is 28.0 Å². The highest BCUT2D eigenvalue weighted by Crippen LogP contribution is 2.41. The monoisotopic (exact) mass is 1530 g/mol. The summed E-state index contributed by atoms with van der Waals surface area (Å²) >= 11 is 14.6. The van der Waals surface area contributed by atoms with Crippen LogP contribution in [-0.4, -0.2) is 143 Å². The van der Waals surface area contributed by atoms with Gasteiger partial charge in [0.1, 0.15) is 28.7 Å². The number of fused-ring (bicyclic) bond motifs is 6. The van der Waals surface area contributed by atoms with Crippen molar-refractivity contribution in [2.24, 2.45) is 32.3 Å². The molecule has 1 fully saturated rings. The highest BCUT2D eigenvalue weighted by atomic mass is 79.9. The summed E-state index contributed by atoms with van der Waals surface area (Å²) in [4.78, 5) is 106. The van der Waals surface area contributed by atoms with Crippen LogP contribution in [0.1, 0.15) is 90.5 Å². The molecule has 0 spiro atoms. The van der Waals surface area contributed by atoms with Crippen LogP contribution in [0.3, 0.4) is 0 Å². The van der Waals surface area contributed by atoms with Crippen molar-refractivity contribution in [3.8, 4) is 17.3 Å². The summed E-state index contributed by atoms with van der Waals surface area (Å²) in [6, 6.07) is 9.03. The van der Waals surface area contributed by atoms with Gasteiger partial charge in [-0.2, -0.15) is 5.26 Å². The maximum Gasteiger partial charge on any atom is 0.276 e. The fraction of sp³-hybridized carbons (Fsp3) is 0.422. The number of Topliss-reactive ketones (excluding diaryl/α,β-unsaturated/α-hetero) is 1. The lowest BCUT2D eigenvalue weighted by molar-refractivity contribution is -0.121. The lowest BCUT2D eigenvalue weighted by Gasteiger charge is -2.30. The first kappa shape index (κ1) is 71.2.